The molecule has 0 radical (unpaired) electrons. The van der Waals surface area contributed by atoms with Gasteiger partial charge in [-0.1, -0.05) is 30.3 Å². The number of non-ortho nitro benzene ring substituents is 1. The molecule has 2 aromatic rings. The van der Waals surface area contributed by atoms with Gasteiger partial charge in [0.25, 0.3) is 5.69 Å². The second-order valence-electron chi connectivity index (χ2n) is 7.97. The number of urea groups is 1. The summed E-state index contributed by atoms with van der Waals surface area (Å²) in [6.45, 7) is -0.187. The minimum atomic E-state index is -4.17. The Hall–Kier alpha value is -4.04. The molecule has 3 amide bonds. The topological polar surface area (TPSA) is 188 Å². The fraction of sp³-hybridized carbons (Fsp3) is 0.318. The summed E-state index contributed by atoms with van der Waals surface area (Å²) in [5, 5.41) is 27.6. The molecule has 1 fully saturated rings. The second kappa shape index (κ2) is 11.6. The fourth-order valence-electron chi connectivity index (χ4n) is 3.67. The molecule has 0 aliphatic carbocycles. The molecule has 0 spiro atoms. The third-order valence-electron chi connectivity index (χ3n) is 5.54. The van der Waals surface area contributed by atoms with Crippen LogP contribution in [0, 0.1) is 10.1 Å². The van der Waals surface area contributed by atoms with Gasteiger partial charge in [0.05, 0.1) is 16.4 Å². The van der Waals surface area contributed by atoms with Gasteiger partial charge in [-0.05, 0) is 30.5 Å². The van der Waals surface area contributed by atoms with Gasteiger partial charge in [-0.2, -0.15) is 4.31 Å². The van der Waals surface area contributed by atoms with Crippen molar-refractivity contribution in [1.29, 1.82) is 0 Å². The summed E-state index contributed by atoms with van der Waals surface area (Å²) in [6.07, 6.45) is 0.525. The lowest BCUT2D eigenvalue weighted by Crippen LogP contribution is -2.54. The maximum Gasteiger partial charge on any atom is 0.328 e. The Labute approximate surface area is 206 Å². The molecule has 1 saturated heterocycles. The van der Waals surface area contributed by atoms with Crippen LogP contribution in [0.2, 0.25) is 0 Å². The average molecular weight is 520 g/mol. The highest BCUT2D eigenvalue weighted by Crippen LogP contribution is 2.27. The number of nitrogens with one attached hydrogen (secondary N) is 3. The highest BCUT2D eigenvalue weighted by Gasteiger charge is 2.40. The van der Waals surface area contributed by atoms with Crippen molar-refractivity contribution < 1.29 is 32.8 Å². The van der Waals surface area contributed by atoms with Crippen molar-refractivity contribution in [2.45, 2.75) is 36.4 Å². The van der Waals surface area contributed by atoms with Gasteiger partial charge in [-0.3, -0.25) is 14.9 Å². The number of nitro groups is 1. The minimum absolute atomic E-state index is 0.0231. The van der Waals surface area contributed by atoms with Gasteiger partial charge in [-0.15, -0.1) is 0 Å². The highest BCUT2D eigenvalue weighted by molar-refractivity contribution is 7.89. The number of carboxylic acid groups (broad SMARTS) is 1. The van der Waals surface area contributed by atoms with E-state index >= 15 is 0 Å². The molecule has 1 aliphatic rings. The van der Waals surface area contributed by atoms with Crippen LogP contribution in [0.3, 0.4) is 0 Å². The van der Waals surface area contributed by atoms with Gasteiger partial charge in [0.15, 0.2) is 0 Å². The van der Waals surface area contributed by atoms with Crippen molar-refractivity contribution in [3.8, 4) is 0 Å². The fourth-order valence-corrected chi connectivity index (χ4v) is 5.32. The number of aliphatic carboxylic acids is 1. The summed E-state index contributed by atoms with van der Waals surface area (Å²) in [5.74, 6) is -2.23. The van der Waals surface area contributed by atoms with Crippen LogP contribution in [-0.2, 0) is 26.2 Å². The van der Waals surface area contributed by atoms with Crippen molar-refractivity contribution in [1.82, 2.24) is 20.3 Å². The molecule has 13 nitrogen and oxygen atoms in total. The van der Waals surface area contributed by atoms with Crippen LogP contribution in [0.4, 0.5) is 10.5 Å². The lowest BCUT2D eigenvalue weighted by atomic mass is 10.2. The highest BCUT2D eigenvalue weighted by atomic mass is 32.2. The van der Waals surface area contributed by atoms with Gasteiger partial charge in [-0.25, -0.2) is 18.0 Å². The molecule has 0 aromatic heterocycles. The number of amides is 3. The Morgan fingerprint density at radius 2 is 1.75 bits per heavy atom. The third kappa shape index (κ3) is 6.55. The molecule has 0 bridgehead atoms. The van der Waals surface area contributed by atoms with Gasteiger partial charge in [0.1, 0.15) is 12.1 Å². The van der Waals surface area contributed by atoms with Gasteiger partial charge >= 0.3 is 12.0 Å². The van der Waals surface area contributed by atoms with E-state index in [0.717, 1.165) is 34.1 Å². The van der Waals surface area contributed by atoms with Crippen molar-refractivity contribution in [3.63, 3.8) is 0 Å². The third-order valence-corrected chi connectivity index (χ3v) is 7.46. The van der Waals surface area contributed by atoms with Crippen LogP contribution in [-0.4, -0.2) is 65.8 Å². The van der Waals surface area contributed by atoms with Crippen molar-refractivity contribution >= 4 is 33.6 Å². The monoisotopic (exact) mass is 519 g/mol. The van der Waals surface area contributed by atoms with Crippen LogP contribution < -0.4 is 16.0 Å². The number of nitro benzene ring substituents is 1. The molecule has 4 N–H and O–H groups in total. The van der Waals surface area contributed by atoms with E-state index in [1.165, 1.54) is 0 Å². The van der Waals surface area contributed by atoms with E-state index in [2.05, 4.69) is 16.0 Å². The average Bonchev–Trinajstić information content (AvgIpc) is 3.37. The molecule has 192 valence electrons. The zero-order chi connectivity index (χ0) is 26.3. The lowest BCUT2D eigenvalue weighted by molar-refractivity contribution is -0.384. The number of carbonyl (C=O) groups is 3. The Balaban J connectivity index is 1.61. The molecular weight excluding hydrogens is 494 g/mol. The van der Waals surface area contributed by atoms with E-state index in [0.29, 0.717) is 6.42 Å². The number of benzene rings is 2. The van der Waals surface area contributed by atoms with Crippen molar-refractivity contribution in [2.24, 2.45) is 0 Å². The molecular formula is C22H25N5O8S. The summed E-state index contributed by atoms with van der Waals surface area (Å²) in [6, 6.07) is 10.0. The number of hydrogen-bond acceptors (Lipinski definition) is 7. The van der Waals surface area contributed by atoms with Gasteiger partial charge < -0.3 is 21.1 Å². The normalized spacial score (nSPS) is 16.6. The number of carboxylic acids is 1. The molecule has 0 saturated carbocycles. The van der Waals surface area contributed by atoms with Gasteiger partial charge in [0, 0.05) is 25.2 Å². The van der Waals surface area contributed by atoms with Crippen molar-refractivity contribution in [3.05, 3.63) is 70.3 Å². The van der Waals surface area contributed by atoms with E-state index in [1.807, 2.05) is 6.07 Å². The Kier molecular flexibility index (Phi) is 8.55. The first-order chi connectivity index (χ1) is 17.1. The molecule has 36 heavy (non-hydrogen) atoms. The first-order valence-corrected chi connectivity index (χ1v) is 12.4. The SMILES string of the molecule is O=C(NCc1ccccc1)NC[C@H](NC(=O)[C@@H]1CCCN1S(=O)(=O)c1ccc([N+](=O)[O-])cc1)C(=O)O. The molecule has 0 unspecified atom stereocenters. The first kappa shape index (κ1) is 26.6. The zero-order valence-electron chi connectivity index (χ0n) is 19.0. The Bertz CT molecular complexity index is 1220. The smallest absolute Gasteiger partial charge is 0.328 e. The van der Waals surface area contributed by atoms with Crippen LogP contribution in [0.1, 0.15) is 18.4 Å². The quantitative estimate of drug-likeness (QED) is 0.262. The molecule has 3 rings (SSSR count). The predicted molar refractivity (Wildman–Crippen MR) is 126 cm³/mol. The van der Waals surface area contributed by atoms with E-state index < -0.39 is 51.5 Å². The predicted octanol–water partition coefficient (Wildman–Crippen LogP) is 0.817. The number of nitrogens with zero attached hydrogens (tertiary/aromatic N) is 2. The number of carbonyl (C=O) groups excluding carboxylic acids is 2. The molecule has 1 heterocycles. The van der Waals surface area contributed by atoms with Crippen molar-refractivity contribution in [2.75, 3.05) is 13.1 Å². The van der Waals surface area contributed by atoms with E-state index in [1.54, 1.807) is 24.3 Å². The molecule has 2 aromatic carbocycles. The molecule has 2 atom stereocenters. The van der Waals surface area contributed by atoms with Crippen LogP contribution in [0.15, 0.2) is 59.5 Å². The maximum absolute atomic E-state index is 13.0. The minimum Gasteiger partial charge on any atom is -0.480 e. The second-order valence-corrected chi connectivity index (χ2v) is 9.86. The largest absolute Gasteiger partial charge is 0.480 e. The van der Waals surface area contributed by atoms with E-state index in [-0.39, 0.29) is 30.1 Å². The summed E-state index contributed by atoms with van der Waals surface area (Å²) >= 11 is 0. The first-order valence-electron chi connectivity index (χ1n) is 10.9. The Morgan fingerprint density at radius 3 is 2.36 bits per heavy atom. The maximum atomic E-state index is 13.0. The lowest BCUT2D eigenvalue weighted by Gasteiger charge is -2.25. The van der Waals surface area contributed by atoms with Crippen LogP contribution in [0.5, 0.6) is 0 Å². The number of hydrogen-bond donors (Lipinski definition) is 4. The summed E-state index contributed by atoms with van der Waals surface area (Å²) in [5.41, 5.74) is 0.556. The van der Waals surface area contributed by atoms with Crippen LogP contribution >= 0.6 is 0 Å². The number of rotatable bonds is 10. The standard InChI is InChI=1S/C22H25N5O8S/c28-20(25-18(21(29)30)14-24-22(31)23-13-15-5-2-1-3-6-15)19-7-4-12-26(19)36(34,35)17-10-8-16(9-11-17)27(32)33/h1-3,5-6,8-11,18-19H,4,7,12-14H2,(H,25,28)(H,29,30)(H2,23,24,31)/t18-,19-/m0/s1. The Morgan fingerprint density at radius 1 is 1.08 bits per heavy atom. The van der Waals surface area contributed by atoms with E-state index in [9.17, 15) is 38.0 Å². The number of sulfonamides is 1. The van der Waals surface area contributed by atoms with E-state index in [4.69, 9.17) is 0 Å². The van der Waals surface area contributed by atoms with Crippen LogP contribution in [0.25, 0.3) is 0 Å². The summed E-state index contributed by atoms with van der Waals surface area (Å²) in [7, 11) is -4.17. The molecule has 14 heteroatoms. The molecule has 1 aliphatic heterocycles. The van der Waals surface area contributed by atoms with Gasteiger partial charge in [0.2, 0.25) is 15.9 Å². The summed E-state index contributed by atoms with van der Waals surface area (Å²) in [4.78, 5) is 46.5. The summed E-state index contributed by atoms with van der Waals surface area (Å²) < 4.78 is 27.0. The zero-order valence-corrected chi connectivity index (χ0v) is 19.8.